The summed E-state index contributed by atoms with van der Waals surface area (Å²) >= 11 is 5.82. The third-order valence-electron chi connectivity index (χ3n) is 4.35. The molecule has 126 valence electrons. The molecule has 1 fully saturated rings. The highest BCUT2D eigenvalue weighted by atomic mass is 35.5. The number of halogens is 1. The summed E-state index contributed by atoms with van der Waals surface area (Å²) in [4.78, 5) is 32.9. The fourth-order valence-corrected chi connectivity index (χ4v) is 3.36. The predicted octanol–water partition coefficient (Wildman–Crippen LogP) is 2.83. The zero-order valence-electron chi connectivity index (χ0n) is 13.6. The Labute approximate surface area is 145 Å². The number of rotatable bonds is 3. The number of nitrogens with one attached hydrogen (secondary N) is 1. The maximum absolute atomic E-state index is 12.6. The highest BCUT2D eigenvalue weighted by molar-refractivity contribution is 6.30. The van der Waals surface area contributed by atoms with Crippen molar-refractivity contribution in [1.29, 1.82) is 0 Å². The summed E-state index contributed by atoms with van der Waals surface area (Å²) in [6.45, 7) is 3.42. The highest BCUT2D eigenvalue weighted by Gasteiger charge is 2.25. The van der Waals surface area contributed by atoms with Crippen LogP contribution in [0, 0.1) is 12.8 Å². The molecule has 0 radical (unpaired) electrons. The van der Waals surface area contributed by atoms with E-state index in [0.29, 0.717) is 18.0 Å². The Hall–Kier alpha value is -2.14. The molecule has 0 aliphatic carbocycles. The molecule has 1 saturated heterocycles. The molecule has 0 aromatic carbocycles. The standard InChI is InChI=1S/C18H20ClN3O2/c1-12-4-2-6-15(21-12)8-13-5-3-7-22(11-13)18(24)14-9-16(19)17(23)20-10-14/h2,4,6,9-10,13H,3,5,7-8,11H2,1H3,(H,20,23)/t13-/m0/s1. The smallest absolute Gasteiger partial charge is 0.266 e. The molecule has 24 heavy (non-hydrogen) atoms. The van der Waals surface area contributed by atoms with E-state index >= 15 is 0 Å². The minimum atomic E-state index is -0.379. The van der Waals surface area contributed by atoms with Gasteiger partial charge in [-0.25, -0.2) is 0 Å². The molecule has 1 atom stereocenters. The van der Waals surface area contributed by atoms with Gasteiger partial charge in [0.05, 0.1) is 5.56 Å². The second-order valence-corrected chi connectivity index (χ2v) is 6.71. The third-order valence-corrected chi connectivity index (χ3v) is 4.64. The number of aryl methyl sites for hydroxylation is 1. The van der Waals surface area contributed by atoms with Crippen molar-refractivity contribution in [2.75, 3.05) is 13.1 Å². The Kier molecular flexibility index (Phi) is 5.00. The van der Waals surface area contributed by atoms with Crippen LogP contribution in [0.5, 0.6) is 0 Å². The first kappa shape index (κ1) is 16.7. The number of H-pyrrole nitrogens is 1. The van der Waals surface area contributed by atoms with Gasteiger partial charge in [0.1, 0.15) is 5.02 Å². The van der Waals surface area contributed by atoms with E-state index in [1.54, 1.807) is 0 Å². The molecule has 1 aliphatic rings. The molecule has 2 aromatic rings. The quantitative estimate of drug-likeness (QED) is 0.930. The number of piperidine rings is 1. The van der Waals surface area contributed by atoms with Gasteiger partial charge in [-0.3, -0.25) is 14.6 Å². The van der Waals surface area contributed by atoms with Gasteiger partial charge in [0.15, 0.2) is 0 Å². The molecule has 1 N–H and O–H groups in total. The first-order valence-electron chi connectivity index (χ1n) is 8.13. The van der Waals surface area contributed by atoms with Crippen LogP contribution in [-0.2, 0) is 6.42 Å². The van der Waals surface area contributed by atoms with Crippen molar-refractivity contribution in [2.45, 2.75) is 26.2 Å². The van der Waals surface area contributed by atoms with Gasteiger partial charge in [-0.05, 0) is 50.3 Å². The maximum Gasteiger partial charge on any atom is 0.266 e. The van der Waals surface area contributed by atoms with Crippen LogP contribution in [-0.4, -0.2) is 33.9 Å². The Morgan fingerprint density at radius 3 is 3.04 bits per heavy atom. The number of carbonyl (C=O) groups is 1. The Morgan fingerprint density at radius 2 is 2.29 bits per heavy atom. The van der Waals surface area contributed by atoms with E-state index in [2.05, 4.69) is 9.97 Å². The molecule has 0 saturated carbocycles. The maximum atomic E-state index is 12.6. The summed E-state index contributed by atoms with van der Waals surface area (Å²) in [5.41, 5.74) is 2.13. The van der Waals surface area contributed by atoms with E-state index < -0.39 is 0 Å². The number of aromatic nitrogens is 2. The van der Waals surface area contributed by atoms with Crippen molar-refractivity contribution >= 4 is 17.5 Å². The van der Waals surface area contributed by atoms with Crippen LogP contribution in [0.2, 0.25) is 5.02 Å². The number of hydrogen-bond acceptors (Lipinski definition) is 3. The zero-order valence-corrected chi connectivity index (χ0v) is 14.3. The molecule has 3 heterocycles. The van der Waals surface area contributed by atoms with Crippen LogP contribution in [0.4, 0.5) is 0 Å². The van der Waals surface area contributed by atoms with Crippen molar-refractivity contribution < 1.29 is 4.79 Å². The van der Waals surface area contributed by atoms with Crippen molar-refractivity contribution in [3.05, 3.63) is 62.8 Å². The van der Waals surface area contributed by atoms with E-state index in [-0.39, 0.29) is 16.5 Å². The SMILES string of the molecule is Cc1cccc(C[C@@H]2CCCN(C(=O)c3c[nH]c(=O)c(Cl)c3)C2)n1. The second-order valence-electron chi connectivity index (χ2n) is 6.30. The van der Waals surface area contributed by atoms with Gasteiger partial charge < -0.3 is 9.88 Å². The first-order chi connectivity index (χ1) is 11.5. The second kappa shape index (κ2) is 7.18. The first-order valence-corrected chi connectivity index (χ1v) is 8.51. The fraction of sp³-hybridized carbons (Fsp3) is 0.389. The lowest BCUT2D eigenvalue weighted by molar-refractivity contribution is 0.0672. The molecule has 0 bridgehead atoms. The molecule has 5 nitrogen and oxygen atoms in total. The van der Waals surface area contributed by atoms with Crippen LogP contribution in [0.15, 0.2) is 35.3 Å². The normalized spacial score (nSPS) is 17.8. The number of aromatic amines is 1. The van der Waals surface area contributed by atoms with Gasteiger partial charge in [0.25, 0.3) is 11.5 Å². The topological polar surface area (TPSA) is 66.1 Å². The van der Waals surface area contributed by atoms with E-state index in [1.165, 1.54) is 12.3 Å². The van der Waals surface area contributed by atoms with Crippen LogP contribution in [0.1, 0.15) is 34.6 Å². The van der Waals surface area contributed by atoms with E-state index in [0.717, 1.165) is 37.2 Å². The molecule has 1 aliphatic heterocycles. The molecule has 0 unspecified atom stereocenters. The van der Waals surface area contributed by atoms with Crippen LogP contribution in [0.25, 0.3) is 0 Å². The van der Waals surface area contributed by atoms with Crippen molar-refractivity contribution in [2.24, 2.45) is 5.92 Å². The van der Waals surface area contributed by atoms with Crippen molar-refractivity contribution in [1.82, 2.24) is 14.9 Å². The number of carbonyl (C=O) groups excluding carboxylic acids is 1. The molecular weight excluding hydrogens is 326 g/mol. The Balaban J connectivity index is 1.69. The van der Waals surface area contributed by atoms with Gasteiger partial charge in [0.2, 0.25) is 0 Å². The summed E-state index contributed by atoms with van der Waals surface area (Å²) in [5, 5.41) is 0.0402. The summed E-state index contributed by atoms with van der Waals surface area (Å²) in [6, 6.07) is 7.48. The Bertz CT molecular complexity index is 803. The van der Waals surface area contributed by atoms with Gasteiger partial charge in [0, 0.05) is 30.7 Å². The lowest BCUT2D eigenvalue weighted by Crippen LogP contribution is -2.40. The molecule has 2 aromatic heterocycles. The van der Waals surface area contributed by atoms with Gasteiger partial charge >= 0.3 is 0 Å². The van der Waals surface area contributed by atoms with Crippen molar-refractivity contribution in [3.63, 3.8) is 0 Å². The van der Waals surface area contributed by atoms with Gasteiger partial charge in [-0.15, -0.1) is 0 Å². The van der Waals surface area contributed by atoms with Crippen LogP contribution < -0.4 is 5.56 Å². The average Bonchev–Trinajstić information content (AvgIpc) is 2.57. The summed E-state index contributed by atoms with van der Waals surface area (Å²) < 4.78 is 0. The summed E-state index contributed by atoms with van der Waals surface area (Å²) in [6.07, 6.45) is 4.37. The number of amides is 1. The summed E-state index contributed by atoms with van der Waals surface area (Å²) in [5.74, 6) is 0.310. The average molecular weight is 346 g/mol. The fourth-order valence-electron chi connectivity index (χ4n) is 3.19. The largest absolute Gasteiger partial charge is 0.338 e. The molecule has 3 rings (SSSR count). The molecular formula is C18H20ClN3O2. The number of likely N-dealkylation sites (tertiary alicyclic amines) is 1. The van der Waals surface area contributed by atoms with E-state index in [4.69, 9.17) is 11.6 Å². The molecule has 0 spiro atoms. The van der Waals surface area contributed by atoms with Crippen LogP contribution in [0.3, 0.4) is 0 Å². The minimum absolute atomic E-state index is 0.0402. The lowest BCUT2D eigenvalue weighted by atomic mass is 9.92. The van der Waals surface area contributed by atoms with Gasteiger partial charge in [-0.1, -0.05) is 17.7 Å². The third kappa shape index (κ3) is 3.85. The lowest BCUT2D eigenvalue weighted by Gasteiger charge is -2.32. The van der Waals surface area contributed by atoms with Gasteiger partial charge in [-0.2, -0.15) is 0 Å². The van der Waals surface area contributed by atoms with E-state index in [1.807, 2.05) is 30.0 Å². The molecule has 6 heteroatoms. The predicted molar refractivity (Wildman–Crippen MR) is 93.4 cm³/mol. The van der Waals surface area contributed by atoms with E-state index in [9.17, 15) is 9.59 Å². The molecule has 1 amide bonds. The summed E-state index contributed by atoms with van der Waals surface area (Å²) in [7, 11) is 0. The number of hydrogen-bond donors (Lipinski definition) is 1. The van der Waals surface area contributed by atoms with Crippen molar-refractivity contribution in [3.8, 4) is 0 Å². The zero-order chi connectivity index (χ0) is 17.1. The van der Waals surface area contributed by atoms with Crippen LogP contribution >= 0.6 is 11.6 Å². The number of nitrogens with zero attached hydrogens (tertiary/aromatic N) is 2. The Morgan fingerprint density at radius 1 is 1.46 bits per heavy atom. The highest BCUT2D eigenvalue weighted by Crippen LogP contribution is 2.22. The number of pyridine rings is 2. The minimum Gasteiger partial charge on any atom is -0.338 e. The monoisotopic (exact) mass is 345 g/mol.